The van der Waals surface area contributed by atoms with Gasteiger partial charge in [-0.15, -0.1) is 0 Å². The number of hydrogen-bond acceptors (Lipinski definition) is 3. The Morgan fingerprint density at radius 2 is 1.61 bits per heavy atom. The van der Waals surface area contributed by atoms with Crippen LogP contribution in [-0.4, -0.2) is 53.8 Å². The van der Waals surface area contributed by atoms with Crippen LogP contribution < -0.4 is 5.73 Å². The van der Waals surface area contributed by atoms with E-state index in [-0.39, 0.29) is 11.8 Å². The lowest BCUT2D eigenvalue weighted by Gasteiger charge is -2.36. The number of halogens is 1. The third kappa shape index (κ3) is 4.78. The minimum Gasteiger partial charge on any atom is -0.338 e. The number of rotatable bonds is 4. The van der Waals surface area contributed by atoms with Crippen molar-refractivity contribution in [1.82, 2.24) is 9.80 Å². The van der Waals surface area contributed by atoms with Crippen molar-refractivity contribution in [1.29, 1.82) is 0 Å². The smallest absolute Gasteiger partial charge is 0.253 e. The second-order valence-corrected chi connectivity index (χ2v) is 7.28. The highest BCUT2D eigenvalue weighted by Gasteiger charge is 2.27. The van der Waals surface area contributed by atoms with Crippen LogP contribution >= 0.6 is 15.9 Å². The van der Waals surface area contributed by atoms with E-state index in [1.165, 1.54) is 0 Å². The van der Waals surface area contributed by atoms with Crippen molar-refractivity contribution < 1.29 is 9.59 Å². The van der Waals surface area contributed by atoms with Crippen LogP contribution in [0.4, 0.5) is 0 Å². The van der Waals surface area contributed by atoms with Gasteiger partial charge in [0.1, 0.15) is 0 Å². The molecule has 1 aliphatic rings. The Balaban J connectivity index is 1.89. The Bertz CT molecular complexity index is 551. The van der Waals surface area contributed by atoms with Crippen LogP contribution in [0.3, 0.4) is 0 Å². The molecule has 1 fully saturated rings. The molecule has 1 aliphatic heterocycles. The topological polar surface area (TPSA) is 66.6 Å². The molecule has 5 nitrogen and oxygen atoms in total. The molecule has 0 aromatic heterocycles. The van der Waals surface area contributed by atoms with Gasteiger partial charge in [-0.1, -0.05) is 29.8 Å². The number of nitrogens with two attached hydrogens (primary N) is 1. The van der Waals surface area contributed by atoms with E-state index in [9.17, 15) is 9.59 Å². The van der Waals surface area contributed by atoms with E-state index < -0.39 is 6.04 Å². The number of nitrogens with zero attached hydrogens (tertiary/aromatic N) is 2. The molecule has 1 saturated heterocycles. The Hall–Kier alpha value is -1.40. The van der Waals surface area contributed by atoms with E-state index in [4.69, 9.17) is 5.73 Å². The van der Waals surface area contributed by atoms with Gasteiger partial charge in [-0.25, -0.2) is 0 Å². The van der Waals surface area contributed by atoms with Gasteiger partial charge in [0.2, 0.25) is 5.91 Å². The van der Waals surface area contributed by atoms with Crippen molar-refractivity contribution in [2.45, 2.75) is 26.3 Å². The van der Waals surface area contributed by atoms with Crippen molar-refractivity contribution in [3.05, 3.63) is 34.3 Å². The minimum atomic E-state index is -0.441. The molecule has 0 bridgehead atoms. The highest BCUT2D eigenvalue weighted by Crippen LogP contribution is 2.14. The first-order valence-corrected chi connectivity index (χ1v) is 8.77. The van der Waals surface area contributed by atoms with Crippen molar-refractivity contribution in [2.24, 2.45) is 11.7 Å². The third-order valence-electron chi connectivity index (χ3n) is 4.01. The first kappa shape index (κ1) is 17.9. The lowest BCUT2D eigenvalue weighted by molar-refractivity contribution is -0.134. The third-order valence-corrected chi connectivity index (χ3v) is 4.54. The molecule has 2 N–H and O–H groups in total. The van der Waals surface area contributed by atoms with Crippen molar-refractivity contribution in [3.8, 4) is 0 Å². The van der Waals surface area contributed by atoms with E-state index in [0.717, 1.165) is 4.47 Å². The number of hydrogen-bond donors (Lipinski definition) is 1. The van der Waals surface area contributed by atoms with E-state index in [2.05, 4.69) is 29.8 Å². The summed E-state index contributed by atoms with van der Waals surface area (Å²) >= 11 is 3.36. The average Bonchev–Trinajstić information content (AvgIpc) is 2.53. The van der Waals surface area contributed by atoms with Crippen LogP contribution in [0.15, 0.2) is 28.7 Å². The van der Waals surface area contributed by atoms with Crippen molar-refractivity contribution in [2.75, 3.05) is 26.2 Å². The van der Waals surface area contributed by atoms with Crippen LogP contribution in [0.2, 0.25) is 0 Å². The first-order chi connectivity index (χ1) is 10.9. The summed E-state index contributed by atoms with van der Waals surface area (Å²) in [6.45, 7) is 6.31. The molecular weight excluding hydrogens is 358 g/mol. The second kappa shape index (κ2) is 7.93. The lowest BCUT2D eigenvalue weighted by atomic mass is 10.0. The summed E-state index contributed by atoms with van der Waals surface area (Å²) in [7, 11) is 0. The maximum atomic E-state index is 12.4. The fourth-order valence-electron chi connectivity index (χ4n) is 2.75. The summed E-state index contributed by atoms with van der Waals surface area (Å²) in [6, 6.07) is 6.89. The van der Waals surface area contributed by atoms with Crippen molar-refractivity contribution >= 4 is 27.7 Å². The predicted octanol–water partition coefficient (Wildman–Crippen LogP) is 2.11. The van der Waals surface area contributed by atoms with Gasteiger partial charge in [0.25, 0.3) is 5.91 Å². The van der Waals surface area contributed by atoms with Gasteiger partial charge >= 0.3 is 0 Å². The van der Waals surface area contributed by atoms with Gasteiger partial charge in [0.15, 0.2) is 0 Å². The molecule has 1 atom stereocenters. The van der Waals surface area contributed by atoms with E-state index in [1.807, 2.05) is 24.3 Å². The Labute approximate surface area is 145 Å². The Morgan fingerprint density at radius 1 is 1.09 bits per heavy atom. The average molecular weight is 382 g/mol. The predicted molar refractivity (Wildman–Crippen MR) is 94.1 cm³/mol. The van der Waals surface area contributed by atoms with Crippen LogP contribution in [0.5, 0.6) is 0 Å². The van der Waals surface area contributed by atoms with E-state index >= 15 is 0 Å². The van der Waals surface area contributed by atoms with Crippen LogP contribution in [-0.2, 0) is 4.79 Å². The molecule has 0 unspecified atom stereocenters. The van der Waals surface area contributed by atoms with Gasteiger partial charge in [-0.05, 0) is 36.6 Å². The van der Waals surface area contributed by atoms with Gasteiger partial charge < -0.3 is 15.5 Å². The van der Waals surface area contributed by atoms with E-state index in [1.54, 1.807) is 9.80 Å². The molecule has 1 aromatic carbocycles. The molecule has 23 heavy (non-hydrogen) atoms. The first-order valence-electron chi connectivity index (χ1n) is 7.97. The molecule has 0 aliphatic carbocycles. The summed E-state index contributed by atoms with van der Waals surface area (Å²) in [5, 5.41) is 0. The van der Waals surface area contributed by atoms with Gasteiger partial charge in [0, 0.05) is 36.2 Å². The zero-order chi connectivity index (χ0) is 17.0. The van der Waals surface area contributed by atoms with Crippen molar-refractivity contribution in [3.63, 3.8) is 0 Å². The zero-order valence-corrected chi connectivity index (χ0v) is 15.3. The molecule has 1 heterocycles. The Kier molecular flexibility index (Phi) is 6.18. The molecule has 1 aromatic rings. The highest BCUT2D eigenvalue weighted by molar-refractivity contribution is 9.10. The number of amides is 2. The fourth-order valence-corrected chi connectivity index (χ4v) is 3.01. The molecule has 2 rings (SSSR count). The normalized spacial score (nSPS) is 16.6. The number of carbonyl (C=O) groups excluding carboxylic acids is 2. The van der Waals surface area contributed by atoms with Gasteiger partial charge in [-0.3, -0.25) is 9.59 Å². The van der Waals surface area contributed by atoms with E-state index in [0.29, 0.717) is 44.1 Å². The number of carbonyl (C=O) groups is 2. The largest absolute Gasteiger partial charge is 0.338 e. The second-order valence-electron chi connectivity index (χ2n) is 6.36. The zero-order valence-electron chi connectivity index (χ0n) is 13.7. The molecule has 0 spiro atoms. The molecule has 0 radical (unpaired) electrons. The molecule has 126 valence electrons. The maximum Gasteiger partial charge on any atom is 0.253 e. The standard InChI is InChI=1S/C17H24BrN3O2/c1-12(2)11-15(19)17(23)21-9-7-20(8-10-21)16(22)13-3-5-14(18)6-4-13/h3-6,12,15H,7-11,19H2,1-2H3/t15-/m0/s1. The fraction of sp³-hybridized carbons (Fsp3) is 0.529. The molecule has 0 saturated carbocycles. The quantitative estimate of drug-likeness (QED) is 0.868. The summed E-state index contributed by atoms with van der Waals surface area (Å²) in [5.74, 6) is 0.403. The lowest BCUT2D eigenvalue weighted by Crippen LogP contribution is -2.54. The van der Waals surface area contributed by atoms with Gasteiger partial charge in [0.05, 0.1) is 6.04 Å². The van der Waals surface area contributed by atoms with Crippen LogP contribution in [0, 0.1) is 5.92 Å². The van der Waals surface area contributed by atoms with Crippen LogP contribution in [0.25, 0.3) is 0 Å². The van der Waals surface area contributed by atoms with Gasteiger partial charge in [-0.2, -0.15) is 0 Å². The SMILES string of the molecule is CC(C)C[C@H](N)C(=O)N1CCN(C(=O)c2ccc(Br)cc2)CC1. The number of piperazine rings is 1. The van der Waals surface area contributed by atoms with Crippen LogP contribution in [0.1, 0.15) is 30.6 Å². The summed E-state index contributed by atoms with van der Waals surface area (Å²) in [4.78, 5) is 28.3. The summed E-state index contributed by atoms with van der Waals surface area (Å²) < 4.78 is 0.948. The maximum absolute atomic E-state index is 12.4. The summed E-state index contributed by atoms with van der Waals surface area (Å²) in [6.07, 6.45) is 0.691. The molecule has 6 heteroatoms. The Morgan fingerprint density at radius 3 is 2.13 bits per heavy atom. The minimum absolute atomic E-state index is 0.00515. The molecular formula is C17H24BrN3O2. The number of benzene rings is 1. The summed E-state index contributed by atoms with van der Waals surface area (Å²) in [5.41, 5.74) is 6.64. The molecule has 2 amide bonds. The monoisotopic (exact) mass is 381 g/mol. The highest BCUT2D eigenvalue weighted by atomic mass is 79.9.